The molecular formula is C32H40N2O4. The van der Waals surface area contributed by atoms with Gasteiger partial charge in [0.25, 0.3) is 0 Å². The van der Waals surface area contributed by atoms with Crippen molar-refractivity contribution in [3.8, 4) is 11.5 Å². The standard InChI is InChI=1S/C32H40N2O4/c1-24-6-3-4-7-30(24)37-22-25-8-11-27(12-9-25)28-14-15-33-21-32(28)38-23-26-10-13-31-29(20-26)34(17-19-36-31)16-5-18-35-2/h3-4,6-13,20,28,32-33H,5,14-19,21-23H2,1-2H3. The molecule has 3 aromatic rings. The largest absolute Gasteiger partial charge is 0.490 e. The van der Waals surface area contributed by atoms with Gasteiger partial charge >= 0.3 is 0 Å². The number of piperidine rings is 1. The summed E-state index contributed by atoms with van der Waals surface area (Å²) in [4.78, 5) is 2.40. The van der Waals surface area contributed by atoms with Crippen molar-refractivity contribution in [2.45, 2.75) is 45.0 Å². The molecule has 0 saturated carbocycles. The van der Waals surface area contributed by atoms with Crippen LogP contribution in [0.4, 0.5) is 5.69 Å². The summed E-state index contributed by atoms with van der Waals surface area (Å²) in [5.74, 6) is 2.27. The van der Waals surface area contributed by atoms with E-state index in [1.807, 2.05) is 18.2 Å². The van der Waals surface area contributed by atoms with Crippen LogP contribution in [-0.2, 0) is 22.7 Å². The van der Waals surface area contributed by atoms with E-state index in [4.69, 9.17) is 18.9 Å². The van der Waals surface area contributed by atoms with Gasteiger partial charge < -0.3 is 29.2 Å². The minimum Gasteiger partial charge on any atom is -0.490 e. The van der Waals surface area contributed by atoms with E-state index in [9.17, 15) is 0 Å². The molecule has 202 valence electrons. The monoisotopic (exact) mass is 516 g/mol. The van der Waals surface area contributed by atoms with Crippen LogP contribution in [0.5, 0.6) is 11.5 Å². The normalized spacial score (nSPS) is 19.1. The van der Waals surface area contributed by atoms with Crippen LogP contribution in [0, 0.1) is 6.92 Å². The number of methoxy groups -OCH3 is 1. The van der Waals surface area contributed by atoms with Crippen molar-refractivity contribution < 1.29 is 18.9 Å². The Morgan fingerprint density at radius 2 is 1.84 bits per heavy atom. The number of ether oxygens (including phenoxy) is 4. The lowest BCUT2D eigenvalue weighted by molar-refractivity contribution is 0.0106. The molecule has 38 heavy (non-hydrogen) atoms. The average Bonchev–Trinajstić information content (AvgIpc) is 2.96. The number of para-hydroxylation sites is 1. The van der Waals surface area contributed by atoms with Gasteiger partial charge in [0, 0.05) is 32.7 Å². The van der Waals surface area contributed by atoms with Crippen LogP contribution < -0.4 is 19.7 Å². The average molecular weight is 517 g/mol. The number of hydrogen-bond acceptors (Lipinski definition) is 6. The van der Waals surface area contributed by atoms with Crippen LogP contribution in [0.15, 0.2) is 66.7 Å². The third-order valence-corrected chi connectivity index (χ3v) is 7.55. The van der Waals surface area contributed by atoms with Gasteiger partial charge in [0.1, 0.15) is 24.7 Å². The van der Waals surface area contributed by atoms with Gasteiger partial charge in [0.05, 0.1) is 24.9 Å². The van der Waals surface area contributed by atoms with Gasteiger partial charge in [0.15, 0.2) is 0 Å². The highest BCUT2D eigenvalue weighted by atomic mass is 16.5. The molecule has 2 atom stereocenters. The molecule has 6 heteroatoms. The highest BCUT2D eigenvalue weighted by Gasteiger charge is 2.27. The first-order chi connectivity index (χ1) is 18.7. The fourth-order valence-electron chi connectivity index (χ4n) is 5.37. The molecule has 6 nitrogen and oxygen atoms in total. The van der Waals surface area contributed by atoms with Crippen LogP contribution >= 0.6 is 0 Å². The molecule has 0 radical (unpaired) electrons. The van der Waals surface area contributed by atoms with Crippen LogP contribution in [0.3, 0.4) is 0 Å². The highest BCUT2D eigenvalue weighted by Crippen LogP contribution is 2.34. The molecule has 0 amide bonds. The second kappa shape index (κ2) is 13.1. The Hall–Kier alpha value is -3.06. The molecule has 1 fully saturated rings. The van der Waals surface area contributed by atoms with E-state index in [1.54, 1.807) is 7.11 Å². The molecular weight excluding hydrogens is 476 g/mol. The second-order valence-electron chi connectivity index (χ2n) is 10.2. The summed E-state index contributed by atoms with van der Waals surface area (Å²) in [6.45, 7) is 8.47. The van der Waals surface area contributed by atoms with Crippen molar-refractivity contribution >= 4 is 5.69 Å². The predicted octanol–water partition coefficient (Wildman–Crippen LogP) is 5.47. The molecule has 2 unspecified atom stereocenters. The summed E-state index contributed by atoms with van der Waals surface area (Å²) in [7, 11) is 1.76. The Labute approximate surface area is 226 Å². The van der Waals surface area contributed by atoms with Crippen LogP contribution in [0.2, 0.25) is 0 Å². The van der Waals surface area contributed by atoms with Gasteiger partial charge in [-0.1, -0.05) is 48.5 Å². The number of aryl methyl sites for hydroxylation is 1. The molecule has 0 aromatic heterocycles. The molecule has 1 N–H and O–H groups in total. The Balaban J connectivity index is 1.20. The summed E-state index contributed by atoms with van der Waals surface area (Å²) in [5, 5.41) is 3.53. The minimum absolute atomic E-state index is 0.128. The van der Waals surface area contributed by atoms with Crippen LogP contribution in [0.25, 0.3) is 0 Å². The molecule has 0 spiro atoms. The summed E-state index contributed by atoms with van der Waals surface area (Å²) < 4.78 is 23.7. The Bertz CT molecular complexity index is 1170. The zero-order valence-electron chi connectivity index (χ0n) is 22.7. The number of nitrogens with one attached hydrogen (secondary N) is 1. The third-order valence-electron chi connectivity index (χ3n) is 7.55. The van der Waals surface area contributed by atoms with Gasteiger partial charge in [-0.05, 0) is 66.8 Å². The zero-order valence-corrected chi connectivity index (χ0v) is 22.7. The maximum Gasteiger partial charge on any atom is 0.142 e. The Kier molecular flexibility index (Phi) is 9.18. The first-order valence-corrected chi connectivity index (χ1v) is 13.8. The number of anilines is 1. The SMILES string of the molecule is COCCCN1CCOc2ccc(COC3CNCCC3c3ccc(COc4ccccc4C)cc3)cc21. The maximum atomic E-state index is 6.54. The number of fused-ring (bicyclic) bond motifs is 1. The number of hydrogen-bond donors (Lipinski definition) is 1. The lowest BCUT2D eigenvalue weighted by atomic mass is 9.87. The predicted molar refractivity (Wildman–Crippen MR) is 151 cm³/mol. The van der Waals surface area contributed by atoms with Gasteiger partial charge in [-0.15, -0.1) is 0 Å². The summed E-state index contributed by atoms with van der Waals surface area (Å²) in [5.41, 5.74) is 6.01. The fourth-order valence-corrected chi connectivity index (χ4v) is 5.37. The van der Waals surface area contributed by atoms with E-state index in [2.05, 4.69) is 65.7 Å². The van der Waals surface area contributed by atoms with Crippen LogP contribution in [0.1, 0.15) is 41.0 Å². The number of benzene rings is 3. The fraction of sp³-hybridized carbons (Fsp3) is 0.438. The van der Waals surface area contributed by atoms with Gasteiger partial charge in [-0.3, -0.25) is 0 Å². The summed E-state index contributed by atoms with van der Waals surface area (Å²) >= 11 is 0. The summed E-state index contributed by atoms with van der Waals surface area (Å²) in [6, 6.07) is 23.5. The molecule has 0 bridgehead atoms. The van der Waals surface area contributed by atoms with Gasteiger partial charge in [-0.25, -0.2) is 0 Å². The van der Waals surface area contributed by atoms with E-state index in [0.717, 1.165) is 75.0 Å². The Morgan fingerprint density at radius 3 is 2.68 bits per heavy atom. The third kappa shape index (κ3) is 6.68. The van der Waals surface area contributed by atoms with Crippen molar-refractivity contribution in [1.29, 1.82) is 0 Å². The lowest BCUT2D eigenvalue weighted by Crippen LogP contribution is -2.41. The van der Waals surface area contributed by atoms with Gasteiger partial charge in [0.2, 0.25) is 0 Å². The van der Waals surface area contributed by atoms with Crippen molar-refractivity contribution in [3.05, 3.63) is 89.0 Å². The maximum absolute atomic E-state index is 6.54. The molecule has 5 rings (SSSR count). The first-order valence-electron chi connectivity index (χ1n) is 13.8. The first kappa shape index (κ1) is 26.5. The molecule has 2 heterocycles. The minimum atomic E-state index is 0.128. The molecule has 1 saturated heterocycles. The van der Waals surface area contributed by atoms with E-state index in [1.165, 1.54) is 16.7 Å². The van der Waals surface area contributed by atoms with Gasteiger partial charge in [-0.2, -0.15) is 0 Å². The van der Waals surface area contributed by atoms with Crippen molar-refractivity contribution in [1.82, 2.24) is 5.32 Å². The van der Waals surface area contributed by atoms with Crippen molar-refractivity contribution in [3.63, 3.8) is 0 Å². The quantitative estimate of drug-likeness (QED) is 0.341. The van der Waals surface area contributed by atoms with Crippen molar-refractivity contribution in [2.75, 3.05) is 51.4 Å². The topological polar surface area (TPSA) is 52.2 Å². The van der Waals surface area contributed by atoms with E-state index < -0.39 is 0 Å². The smallest absolute Gasteiger partial charge is 0.142 e. The second-order valence-corrected chi connectivity index (χ2v) is 10.2. The van der Waals surface area contributed by atoms with Crippen molar-refractivity contribution in [2.24, 2.45) is 0 Å². The zero-order chi connectivity index (χ0) is 26.2. The highest BCUT2D eigenvalue weighted by molar-refractivity contribution is 5.61. The summed E-state index contributed by atoms with van der Waals surface area (Å²) in [6.07, 6.45) is 2.20. The number of nitrogens with zero attached hydrogens (tertiary/aromatic N) is 1. The Morgan fingerprint density at radius 1 is 1.00 bits per heavy atom. The lowest BCUT2D eigenvalue weighted by Gasteiger charge is -2.33. The molecule has 0 aliphatic carbocycles. The van der Waals surface area contributed by atoms with E-state index >= 15 is 0 Å². The van der Waals surface area contributed by atoms with Crippen LogP contribution in [-0.4, -0.2) is 52.6 Å². The number of rotatable bonds is 11. The molecule has 2 aliphatic heterocycles. The van der Waals surface area contributed by atoms with E-state index in [0.29, 0.717) is 19.1 Å². The van der Waals surface area contributed by atoms with E-state index in [-0.39, 0.29) is 6.10 Å². The molecule has 3 aromatic carbocycles. The molecule has 2 aliphatic rings.